The van der Waals surface area contributed by atoms with E-state index in [2.05, 4.69) is 20.6 Å². The zero-order valence-electron chi connectivity index (χ0n) is 21.6. The third-order valence-electron chi connectivity index (χ3n) is 6.55. The van der Waals surface area contributed by atoms with E-state index in [1.165, 1.54) is 36.4 Å². The van der Waals surface area contributed by atoms with Gasteiger partial charge < -0.3 is 29.1 Å². The minimum Gasteiger partial charge on any atom is -0.378 e. The lowest BCUT2D eigenvalue weighted by Gasteiger charge is -2.38. The van der Waals surface area contributed by atoms with Crippen LogP contribution in [0.3, 0.4) is 0 Å². The Morgan fingerprint density at radius 2 is 1.78 bits per heavy atom. The summed E-state index contributed by atoms with van der Waals surface area (Å²) in [6, 6.07) is 13.6. The Morgan fingerprint density at radius 1 is 1.07 bits per heavy atom. The van der Waals surface area contributed by atoms with Gasteiger partial charge in [-0.25, -0.2) is 0 Å². The van der Waals surface area contributed by atoms with Crippen LogP contribution in [0.25, 0.3) is 34.3 Å². The van der Waals surface area contributed by atoms with Crippen molar-refractivity contribution in [3.8, 4) is 34.3 Å². The van der Waals surface area contributed by atoms with Gasteiger partial charge in [-0.1, -0.05) is 64.9 Å². The molecule has 1 fully saturated rings. The number of alkyl halides is 3. The van der Waals surface area contributed by atoms with Crippen molar-refractivity contribution in [3.63, 3.8) is 0 Å². The summed E-state index contributed by atoms with van der Waals surface area (Å²) in [5, 5.41) is 20.3. The summed E-state index contributed by atoms with van der Waals surface area (Å²) in [6.07, 6.45) is -6.21. The number of hydrogen-bond acceptors (Lipinski definition) is 9. The lowest BCUT2D eigenvalue weighted by molar-refractivity contribution is -0.143. The second kappa shape index (κ2) is 11.5. The molecule has 0 bridgehead atoms. The normalized spacial score (nSPS) is 14.5. The minimum atomic E-state index is -4.82. The second-order valence-corrected chi connectivity index (χ2v) is 9.24. The Bertz CT molecular complexity index is 1510. The first-order valence-electron chi connectivity index (χ1n) is 12.5. The highest BCUT2D eigenvalue weighted by Crippen LogP contribution is 2.43. The van der Waals surface area contributed by atoms with Gasteiger partial charge in [0.15, 0.2) is 6.10 Å². The molecule has 2 amide bonds. The van der Waals surface area contributed by atoms with E-state index in [4.69, 9.17) is 13.8 Å². The SMILES string of the molecule is COC1CN(C(=O)CCNC(=O)[C@H](O)c2ccc(-c3noc(-c4onc(-c5ccccc5)c4C(F)(F)F)n3)cc2)C1. The monoisotopic (exact) mass is 571 g/mol. The molecule has 14 heteroatoms. The molecule has 2 aromatic heterocycles. The average molecular weight is 572 g/mol. The van der Waals surface area contributed by atoms with Crippen molar-refractivity contribution in [3.05, 3.63) is 65.7 Å². The molecule has 0 saturated carbocycles. The summed E-state index contributed by atoms with van der Waals surface area (Å²) in [6.45, 7) is 1.08. The van der Waals surface area contributed by atoms with Crippen molar-refractivity contribution in [1.82, 2.24) is 25.5 Å². The molecule has 41 heavy (non-hydrogen) atoms. The van der Waals surface area contributed by atoms with Crippen LogP contribution in [-0.2, 0) is 20.5 Å². The number of methoxy groups -OCH3 is 1. The van der Waals surface area contributed by atoms with Gasteiger partial charge in [0.1, 0.15) is 11.3 Å². The summed E-state index contributed by atoms with van der Waals surface area (Å²) >= 11 is 0. The topological polar surface area (TPSA) is 144 Å². The van der Waals surface area contributed by atoms with Crippen LogP contribution in [0.2, 0.25) is 0 Å². The predicted molar refractivity (Wildman–Crippen MR) is 136 cm³/mol. The standard InChI is InChI=1S/C27H24F3N5O6/c1-39-18-13-35(14-18)19(36)11-12-31-25(38)22(37)16-7-9-17(10-8-16)24-32-26(41-34-24)23-20(27(28,29)30)21(33-40-23)15-5-3-2-4-6-15/h2-10,18,22,37H,11-14H2,1H3,(H,31,38)/t22-/m1/s1. The summed E-state index contributed by atoms with van der Waals surface area (Å²) < 4.78 is 57.1. The Morgan fingerprint density at radius 3 is 2.44 bits per heavy atom. The van der Waals surface area contributed by atoms with Crippen molar-refractivity contribution in [2.75, 3.05) is 26.7 Å². The third kappa shape index (κ3) is 5.98. The van der Waals surface area contributed by atoms with E-state index in [9.17, 15) is 27.9 Å². The van der Waals surface area contributed by atoms with Crippen LogP contribution >= 0.6 is 0 Å². The highest BCUT2D eigenvalue weighted by Gasteiger charge is 2.43. The van der Waals surface area contributed by atoms with Gasteiger partial charge in [0.25, 0.3) is 11.8 Å². The lowest BCUT2D eigenvalue weighted by Crippen LogP contribution is -2.54. The fraction of sp³-hybridized carbons (Fsp3) is 0.296. The Labute approximate surface area is 230 Å². The predicted octanol–water partition coefficient (Wildman–Crippen LogP) is 3.47. The molecule has 0 spiro atoms. The summed E-state index contributed by atoms with van der Waals surface area (Å²) in [5.41, 5.74) is -0.754. The Kier molecular flexibility index (Phi) is 7.85. The molecular weight excluding hydrogens is 547 g/mol. The van der Waals surface area contributed by atoms with E-state index < -0.39 is 41.1 Å². The number of aromatic nitrogens is 3. The first kappa shape index (κ1) is 28.0. The molecule has 1 atom stereocenters. The van der Waals surface area contributed by atoms with Crippen LogP contribution in [0.4, 0.5) is 13.2 Å². The first-order valence-corrected chi connectivity index (χ1v) is 12.5. The second-order valence-electron chi connectivity index (χ2n) is 9.24. The molecule has 1 saturated heterocycles. The molecule has 4 aromatic rings. The van der Waals surface area contributed by atoms with Gasteiger partial charge in [-0.2, -0.15) is 18.2 Å². The van der Waals surface area contributed by atoms with Crippen molar-refractivity contribution < 1.29 is 41.6 Å². The molecule has 3 heterocycles. The highest BCUT2D eigenvalue weighted by molar-refractivity contribution is 5.83. The van der Waals surface area contributed by atoms with Gasteiger partial charge >= 0.3 is 6.18 Å². The maximum atomic E-state index is 14.0. The molecule has 11 nitrogen and oxygen atoms in total. The van der Waals surface area contributed by atoms with Gasteiger partial charge in [0, 0.05) is 44.3 Å². The maximum absolute atomic E-state index is 14.0. The molecule has 2 aromatic carbocycles. The van der Waals surface area contributed by atoms with E-state index in [0.29, 0.717) is 18.7 Å². The number of benzene rings is 2. The van der Waals surface area contributed by atoms with Crippen molar-refractivity contribution in [2.24, 2.45) is 0 Å². The molecule has 214 valence electrons. The number of carbonyl (C=O) groups excluding carboxylic acids is 2. The number of aliphatic hydroxyl groups excluding tert-OH is 1. The largest absolute Gasteiger partial charge is 0.422 e. The lowest BCUT2D eigenvalue weighted by atomic mass is 10.1. The maximum Gasteiger partial charge on any atom is 0.422 e. The first-order chi connectivity index (χ1) is 19.7. The highest BCUT2D eigenvalue weighted by atomic mass is 19.4. The van der Waals surface area contributed by atoms with Crippen LogP contribution in [0.1, 0.15) is 23.7 Å². The van der Waals surface area contributed by atoms with Gasteiger partial charge in [-0.05, 0) is 5.56 Å². The number of halogens is 3. The van der Waals surface area contributed by atoms with Gasteiger partial charge in [0.2, 0.25) is 17.5 Å². The van der Waals surface area contributed by atoms with Crippen molar-refractivity contribution in [2.45, 2.75) is 24.8 Å². The van der Waals surface area contributed by atoms with E-state index in [-0.39, 0.29) is 41.9 Å². The summed E-state index contributed by atoms with van der Waals surface area (Å²) in [5.74, 6) is -2.09. The van der Waals surface area contributed by atoms with Gasteiger partial charge in [-0.15, -0.1) is 0 Å². The fourth-order valence-electron chi connectivity index (χ4n) is 4.23. The molecule has 0 aliphatic carbocycles. The van der Waals surface area contributed by atoms with Gasteiger partial charge in [-0.3, -0.25) is 9.59 Å². The van der Waals surface area contributed by atoms with Gasteiger partial charge in [0.05, 0.1) is 6.10 Å². The number of nitrogens with zero attached hydrogens (tertiary/aromatic N) is 4. The molecular formula is C27H24F3N5O6. The van der Waals surface area contributed by atoms with Crippen LogP contribution in [0.5, 0.6) is 0 Å². The van der Waals surface area contributed by atoms with E-state index in [1.807, 2.05) is 0 Å². The molecule has 2 N–H and O–H groups in total. The minimum absolute atomic E-state index is 0.0318. The molecule has 0 unspecified atom stereocenters. The average Bonchev–Trinajstić information content (AvgIpc) is 3.60. The number of rotatable bonds is 9. The van der Waals surface area contributed by atoms with E-state index in [1.54, 1.807) is 30.2 Å². The molecule has 1 aliphatic heterocycles. The van der Waals surface area contributed by atoms with Crippen molar-refractivity contribution >= 4 is 11.8 Å². The number of nitrogens with one attached hydrogen (secondary N) is 1. The van der Waals surface area contributed by atoms with Crippen LogP contribution in [0.15, 0.2) is 63.6 Å². The fourth-order valence-corrected chi connectivity index (χ4v) is 4.23. The van der Waals surface area contributed by atoms with E-state index in [0.717, 1.165) is 0 Å². The quantitative estimate of drug-likeness (QED) is 0.309. The number of amides is 2. The Balaban J connectivity index is 1.24. The third-order valence-corrected chi connectivity index (χ3v) is 6.55. The van der Waals surface area contributed by atoms with Crippen LogP contribution < -0.4 is 5.32 Å². The zero-order chi connectivity index (χ0) is 29.1. The molecule has 5 rings (SSSR count). The zero-order valence-corrected chi connectivity index (χ0v) is 21.6. The summed E-state index contributed by atoms with van der Waals surface area (Å²) in [7, 11) is 1.58. The number of likely N-dealkylation sites (tertiary alicyclic amines) is 1. The number of ether oxygens (including phenoxy) is 1. The van der Waals surface area contributed by atoms with Crippen LogP contribution in [-0.4, -0.2) is 70.0 Å². The summed E-state index contributed by atoms with van der Waals surface area (Å²) in [4.78, 5) is 30.1. The number of aliphatic hydroxyl groups is 1. The number of hydrogen-bond donors (Lipinski definition) is 2. The Hall–Kier alpha value is -4.56. The van der Waals surface area contributed by atoms with Crippen molar-refractivity contribution in [1.29, 1.82) is 0 Å². The number of carbonyl (C=O) groups is 2. The van der Waals surface area contributed by atoms with Crippen LogP contribution in [0, 0.1) is 0 Å². The smallest absolute Gasteiger partial charge is 0.378 e. The molecule has 1 aliphatic rings. The molecule has 0 radical (unpaired) electrons. The van der Waals surface area contributed by atoms with E-state index >= 15 is 0 Å².